The van der Waals surface area contributed by atoms with E-state index in [4.69, 9.17) is 11.6 Å². The molecule has 3 heteroatoms. The Morgan fingerprint density at radius 1 is 1.06 bits per heavy atom. The standard InChI is InChI=1S/C15H10BrClO/c16-12-8-5-11(6-9-12)7-10-15(18)13-3-1-2-4-14(13)17/h1-10H/b10-7+. The van der Waals surface area contributed by atoms with Crippen LogP contribution in [0, 0.1) is 0 Å². The quantitative estimate of drug-likeness (QED) is 0.574. The Balaban J connectivity index is 2.17. The van der Waals surface area contributed by atoms with Gasteiger partial charge in [-0.3, -0.25) is 4.79 Å². The van der Waals surface area contributed by atoms with Gasteiger partial charge in [0, 0.05) is 10.0 Å². The van der Waals surface area contributed by atoms with E-state index in [1.807, 2.05) is 24.3 Å². The van der Waals surface area contributed by atoms with Crippen molar-refractivity contribution in [2.24, 2.45) is 0 Å². The summed E-state index contributed by atoms with van der Waals surface area (Å²) in [5.74, 6) is -0.0940. The largest absolute Gasteiger partial charge is 0.289 e. The number of hydrogen-bond acceptors (Lipinski definition) is 1. The lowest BCUT2D eigenvalue weighted by atomic mass is 10.1. The molecule has 0 aliphatic carbocycles. The summed E-state index contributed by atoms with van der Waals surface area (Å²) in [6.07, 6.45) is 3.31. The molecule has 0 saturated carbocycles. The molecule has 0 aliphatic rings. The maximum atomic E-state index is 11.9. The smallest absolute Gasteiger partial charge is 0.187 e. The van der Waals surface area contributed by atoms with Crippen molar-refractivity contribution in [3.63, 3.8) is 0 Å². The van der Waals surface area contributed by atoms with Gasteiger partial charge in [0.25, 0.3) is 0 Å². The first-order valence-corrected chi connectivity index (χ1v) is 6.56. The van der Waals surface area contributed by atoms with Crippen LogP contribution in [0.3, 0.4) is 0 Å². The van der Waals surface area contributed by atoms with Crippen molar-refractivity contribution in [2.45, 2.75) is 0 Å². The highest BCUT2D eigenvalue weighted by molar-refractivity contribution is 9.10. The number of carbonyl (C=O) groups is 1. The van der Waals surface area contributed by atoms with Crippen molar-refractivity contribution >= 4 is 39.4 Å². The Kier molecular flexibility index (Phi) is 4.34. The summed E-state index contributed by atoms with van der Waals surface area (Å²) < 4.78 is 1.01. The number of halogens is 2. The van der Waals surface area contributed by atoms with Crippen LogP contribution >= 0.6 is 27.5 Å². The molecule has 0 radical (unpaired) electrons. The van der Waals surface area contributed by atoms with Crippen molar-refractivity contribution in [3.8, 4) is 0 Å². The van der Waals surface area contributed by atoms with E-state index in [1.54, 1.807) is 30.3 Å². The fraction of sp³-hybridized carbons (Fsp3) is 0. The van der Waals surface area contributed by atoms with Crippen LogP contribution in [0.4, 0.5) is 0 Å². The summed E-state index contributed by atoms with van der Waals surface area (Å²) in [5.41, 5.74) is 1.49. The summed E-state index contributed by atoms with van der Waals surface area (Å²) in [7, 11) is 0. The van der Waals surface area contributed by atoms with Gasteiger partial charge in [-0.2, -0.15) is 0 Å². The predicted molar refractivity (Wildman–Crippen MR) is 79.0 cm³/mol. The molecule has 2 rings (SSSR count). The molecule has 0 unspecified atom stereocenters. The highest BCUT2D eigenvalue weighted by atomic mass is 79.9. The zero-order valence-corrected chi connectivity index (χ0v) is 11.8. The average Bonchev–Trinajstić information content (AvgIpc) is 2.38. The molecular formula is C15H10BrClO. The minimum Gasteiger partial charge on any atom is -0.289 e. The van der Waals surface area contributed by atoms with Gasteiger partial charge in [0.1, 0.15) is 0 Å². The second kappa shape index (κ2) is 5.98. The average molecular weight is 322 g/mol. The van der Waals surface area contributed by atoms with E-state index in [-0.39, 0.29) is 5.78 Å². The monoisotopic (exact) mass is 320 g/mol. The van der Waals surface area contributed by atoms with Gasteiger partial charge >= 0.3 is 0 Å². The van der Waals surface area contributed by atoms with Gasteiger partial charge in [0.2, 0.25) is 0 Å². The molecule has 18 heavy (non-hydrogen) atoms. The van der Waals surface area contributed by atoms with Crippen LogP contribution in [-0.4, -0.2) is 5.78 Å². The first-order valence-electron chi connectivity index (χ1n) is 5.39. The van der Waals surface area contributed by atoms with E-state index in [1.165, 1.54) is 6.08 Å². The van der Waals surface area contributed by atoms with E-state index >= 15 is 0 Å². The molecule has 1 nitrogen and oxygen atoms in total. The maximum absolute atomic E-state index is 11.9. The first kappa shape index (κ1) is 13.1. The van der Waals surface area contributed by atoms with Gasteiger partial charge in [-0.1, -0.05) is 57.9 Å². The Bertz CT molecular complexity index is 588. The van der Waals surface area contributed by atoms with Crippen LogP contribution in [0.2, 0.25) is 5.02 Å². The van der Waals surface area contributed by atoms with Gasteiger partial charge in [-0.05, 0) is 35.9 Å². The number of carbonyl (C=O) groups excluding carboxylic acids is 1. The van der Waals surface area contributed by atoms with E-state index in [9.17, 15) is 4.79 Å². The van der Waals surface area contributed by atoms with E-state index < -0.39 is 0 Å². The molecule has 0 atom stereocenters. The van der Waals surface area contributed by atoms with Crippen molar-refractivity contribution < 1.29 is 4.79 Å². The number of ketones is 1. The Morgan fingerprint density at radius 2 is 1.72 bits per heavy atom. The van der Waals surface area contributed by atoms with E-state index in [2.05, 4.69) is 15.9 Å². The van der Waals surface area contributed by atoms with E-state index in [0.29, 0.717) is 10.6 Å². The zero-order chi connectivity index (χ0) is 13.0. The number of hydrogen-bond donors (Lipinski definition) is 0. The lowest BCUT2D eigenvalue weighted by Crippen LogP contribution is -1.94. The van der Waals surface area contributed by atoms with Crippen molar-refractivity contribution in [1.82, 2.24) is 0 Å². The van der Waals surface area contributed by atoms with Gasteiger partial charge < -0.3 is 0 Å². The third kappa shape index (κ3) is 3.31. The van der Waals surface area contributed by atoms with Gasteiger partial charge in [-0.25, -0.2) is 0 Å². The molecule has 0 bridgehead atoms. The zero-order valence-electron chi connectivity index (χ0n) is 9.44. The molecule has 0 heterocycles. The highest BCUT2D eigenvalue weighted by Gasteiger charge is 2.05. The normalized spacial score (nSPS) is 10.8. The van der Waals surface area contributed by atoms with E-state index in [0.717, 1.165) is 10.0 Å². The number of allylic oxidation sites excluding steroid dienone is 1. The van der Waals surface area contributed by atoms with Gasteiger partial charge in [0.15, 0.2) is 5.78 Å². The molecular weight excluding hydrogens is 312 g/mol. The molecule has 2 aromatic carbocycles. The van der Waals surface area contributed by atoms with Crippen LogP contribution < -0.4 is 0 Å². The Hall–Kier alpha value is -1.38. The van der Waals surface area contributed by atoms with Crippen LogP contribution in [0.5, 0.6) is 0 Å². The predicted octanol–water partition coefficient (Wildman–Crippen LogP) is 5.00. The minimum atomic E-state index is -0.0940. The topological polar surface area (TPSA) is 17.1 Å². The first-order chi connectivity index (χ1) is 8.66. The summed E-state index contributed by atoms with van der Waals surface area (Å²) in [6.45, 7) is 0. The third-order valence-corrected chi connectivity index (χ3v) is 3.29. The van der Waals surface area contributed by atoms with Crippen LogP contribution in [0.25, 0.3) is 6.08 Å². The molecule has 0 fully saturated rings. The molecule has 0 saturated heterocycles. The minimum absolute atomic E-state index is 0.0940. The third-order valence-electron chi connectivity index (χ3n) is 2.44. The second-order valence-electron chi connectivity index (χ2n) is 3.73. The van der Waals surface area contributed by atoms with Crippen molar-refractivity contribution in [2.75, 3.05) is 0 Å². The van der Waals surface area contributed by atoms with Gasteiger partial charge in [-0.15, -0.1) is 0 Å². The van der Waals surface area contributed by atoms with Crippen LogP contribution in [0.15, 0.2) is 59.1 Å². The molecule has 0 aliphatic heterocycles. The number of benzene rings is 2. The summed E-state index contributed by atoms with van der Waals surface area (Å²) in [6, 6.07) is 14.8. The van der Waals surface area contributed by atoms with Crippen molar-refractivity contribution in [3.05, 3.63) is 75.2 Å². The summed E-state index contributed by atoms with van der Waals surface area (Å²) >= 11 is 9.32. The van der Waals surface area contributed by atoms with Crippen LogP contribution in [-0.2, 0) is 0 Å². The highest BCUT2D eigenvalue weighted by Crippen LogP contribution is 2.17. The van der Waals surface area contributed by atoms with Gasteiger partial charge in [0.05, 0.1) is 5.02 Å². The SMILES string of the molecule is O=C(/C=C/c1ccc(Br)cc1)c1ccccc1Cl. The fourth-order valence-electron chi connectivity index (χ4n) is 1.50. The van der Waals surface area contributed by atoms with Crippen molar-refractivity contribution in [1.29, 1.82) is 0 Å². The Morgan fingerprint density at radius 3 is 2.39 bits per heavy atom. The lowest BCUT2D eigenvalue weighted by Gasteiger charge is -1.98. The molecule has 0 amide bonds. The summed E-state index contributed by atoms with van der Waals surface area (Å²) in [4.78, 5) is 11.9. The molecule has 0 N–H and O–H groups in total. The number of rotatable bonds is 3. The van der Waals surface area contributed by atoms with Crippen LogP contribution in [0.1, 0.15) is 15.9 Å². The second-order valence-corrected chi connectivity index (χ2v) is 5.05. The Labute approximate surface area is 119 Å². The fourth-order valence-corrected chi connectivity index (χ4v) is 1.99. The lowest BCUT2D eigenvalue weighted by molar-refractivity contribution is 0.104. The molecule has 2 aromatic rings. The summed E-state index contributed by atoms with van der Waals surface area (Å²) in [5, 5.41) is 0.475. The molecule has 90 valence electrons. The maximum Gasteiger partial charge on any atom is 0.187 e. The molecule has 0 spiro atoms. The molecule has 0 aromatic heterocycles.